The third-order valence-corrected chi connectivity index (χ3v) is 6.48. The van der Waals surface area contributed by atoms with Crippen molar-refractivity contribution in [2.24, 2.45) is 4.99 Å². The number of rotatable bonds is 5. The number of methoxy groups -OCH3 is 1. The van der Waals surface area contributed by atoms with Crippen LogP contribution in [0.15, 0.2) is 93.4 Å². The topological polar surface area (TPSA) is 60.8 Å². The molecule has 0 N–H and O–H groups in total. The van der Waals surface area contributed by atoms with E-state index in [4.69, 9.17) is 14.5 Å². The highest BCUT2D eigenvalue weighted by Crippen LogP contribution is 2.33. The Balaban J connectivity index is 1.57. The molecule has 1 aliphatic heterocycles. The molecule has 0 saturated heterocycles. The van der Waals surface area contributed by atoms with Gasteiger partial charge in [0.05, 0.1) is 12.6 Å². The quantitative estimate of drug-likeness (QED) is 0.253. The lowest BCUT2D eigenvalue weighted by atomic mass is 10.1. The molecule has 0 atom stereocenters. The Morgan fingerprint density at radius 3 is 2.38 bits per heavy atom. The zero-order chi connectivity index (χ0) is 23.7. The Bertz CT molecular complexity index is 1460. The van der Waals surface area contributed by atoms with Crippen LogP contribution in [-0.2, 0) is 9.53 Å². The van der Waals surface area contributed by atoms with Gasteiger partial charge in [-0.15, -0.1) is 0 Å². The third kappa shape index (κ3) is 4.58. The van der Waals surface area contributed by atoms with E-state index in [2.05, 4.69) is 42.2 Å². The van der Waals surface area contributed by atoms with E-state index in [9.17, 15) is 4.79 Å². The number of ether oxygens (including phenoxy) is 2. The Morgan fingerprint density at radius 1 is 0.912 bits per heavy atom. The second kappa shape index (κ2) is 9.15. The smallest absolute Gasteiger partial charge is 0.363 e. The van der Waals surface area contributed by atoms with Crippen molar-refractivity contribution in [3.05, 3.63) is 101 Å². The number of fused-ring (bicyclic) bond motifs is 1. The summed E-state index contributed by atoms with van der Waals surface area (Å²) in [5, 5.41) is 1.81. The fourth-order valence-electron chi connectivity index (χ4n) is 3.61. The maximum Gasteiger partial charge on any atom is 0.363 e. The number of hydrogen-bond donors (Lipinski definition) is 0. The number of aliphatic imine (C=N–C) groups is 1. The average Bonchev–Trinajstić information content (AvgIpc) is 3.21. The molecule has 0 aliphatic carbocycles. The third-order valence-electron chi connectivity index (χ3n) is 5.45. The summed E-state index contributed by atoms with van der Waals surface area (Å²) >= 11 is 1.56. The van der Waals surface area contributed by atoms with E-state index in [1.807, 2.05) is 37.3 Å². The molecule has 6 heteroatoms. The minimum absolute atomic E-state index is 0.241. The molecule has 0 unspecified atom stereocenters. The number of carbonyl (C=O) groups excluding carboxylic acids is 1. The predicted molar refractivity (Wildman–Crippen MR) is 135 cm³/mol. The van der Waals surface area contributed by atoms with Crippen molar-refractivity contribution in [1.82, 2.24) is 4.98 Å². The first-order valence-electron chi connectivity index (χ1n) is 10.8. The molecule has 0 fully saturated rings. The molecule has 5 rings (SSSR count). The molecule has 1 aromatic heterocycles. The van der Waals surface area contributed by atoms with Gasteiger partial charge in [0.15, 0.2) is 5.70 Å². The van der Waals surface area contributed by atoms with Crippen LogP contribution in [0.25, 0.3) is 17.0 Å². The Labute approximate surface area is 202 Å². The van der Waals surface area contributed by atoms with Crippen LogP contribution < -0.4 is 4.74 Å². The predicted octanol–water partition coefficient (Wildman–Crippen LogP) is 6.36. The van der Waals surface area contributed by atoms with Gasteiger partial charge in [0.2, 0.25) is 5.90 Å². The second-order valence-corrected chi connectivity index (χ2v) is 9.12. The van der Waals surface area contributed by atoms with E-state index >= 15 is 0 Å². The number of benzene rings is 3. The lowest BCUT2D eigenvalue weighted by Gasteiger charge is -2.09. The summed E-state index contributed by atoms with van der Waals surface area (Å²) in [6.45, 7) is 4.11. The van der Waals surface area contributed by atoms with Crippen molar-refractivity contribution in [3.63, 3.8) is 0 Å². The number of carbonyl (C=O) groups is 1. The van der Waals surface area contributed by atoms with Gasteiger partial charge in [0.1, 0.15) is 10.8 Å². The van der Waals surface area contributed by atoms with Crippen LogP contribution in [0.5, 0.6) is 5.75 Å². The molecular weight excluding hydrogens is 444 g/mol. The zero-order valence-corrected chi connectivity index (χ0v) is 19.8. The largest absolute Gasteiger partial charge is 0.497 e. The highest BCUT2D eigenvalue weighted by molar-refractivity contribution is 7.99. The Kier molecular flexibility index (Phi) is 5.90. The molecule has 4 aromatic rings. The number of aromatic nitrogens is 1. The summed E-state index contributed by atoms with van der Waals surface area (Å²) in [5.41, 5.74) is 5.01. The molecule has 168 valence electrons. The van der Waals surface area contributed by atoms with Gasteiger partial charge in [-0.25, -0.2) is 14.8 Å². The van der Waals surface area contributed by atoms with Gasteiger partial charge >= 0.3 is 5.97 Å². The first-order valence-corrected chi connectivity index (χ1v) is 11.6. The van der Waals surface area contributed by atoms with Crippen molar-refractivity contribution < 1.29 is 14.3 Å². The summed E-state index contributed by atoms with van der Waals surface area (Å²) in [5.74, 6) is 0.511. The molecule has 0 amide bonds. The highest BCUT2D eigenvalue weighted by atomic mass is 32.2. The molecule has 1 aliphatic rings. The van der Waals surface area contributed by atoms with Crippen LogP contribution in [0.2, 0.25) is 0 Å². The van der Waals surface area contributed by atoms with E-state index in [1.54, 1.807) is 37.1 Å². The first-order chi connectivity index (χ1) is 16.5. The summed E-state index contributed by atoms with van der Waals surface area (Å²) in [7, 11) is 1.61. The summed E-state index contributed by atoms with van der Waals surface area (Å²) in [4.78, 5) is 23.1. The maximum absolute atomic E-state index is 12.7. The van der Waals surface area contributed by atoms with Gasteiger partial charge in [0, 0.05) is 21.4 Å². The van der Waals surface area contributed by atoms with Crippen LogP contribution in [0.1, 0.15) is 22.3 Å². The minimum atomic E-state index is -0.485. The van der Waals surface area contributed by atoms with E-state index in [0.717, 1.165) is 37.7 Å². The van der Waals surface area contributed by atoms with Crippen molar-refractivity contribution in [3.8, 4) is 5.75 Å². The van der Waals surface area contributed by atoms with E-state index in [1.165, 1.54) is 5.56 Å². The molecule has 0 saturated carbocycles. The van der Waals surface area contributed by atoms with E-state index in [0.29, 0.717) is 5.56 Å². The van der Waals surface area contributed by atoms with Crippen LogP contribution in [0.3, 0.4) is 0 Å². The van der Waals surface area contributed by atoms with Crippen molar-refractivity contribution in [2.75, 3.05) is 7.11 Å². The van der Waals surface area contributed by atoms with Crippen LogP contribution in [-0.4, -0.2) is 24.0 Å². The summed E-state index contributed by atoms with van der Waals surface area (Å²) in [6, 6.07) is 23.7. The molecule has 34 heavy (non-hydrogen) atoms. The SMILES string of the molecule is COc1ccc(C2=NC(=Cc3cc4cc(C)ccc4nc3Sc3ccc(C)cc3)C(=O)O2)cc1. The summed E-state index contributed by atoms with van der Waals surface area (Å²) < 4.78 is 10.7. The number of hydrogen-bond acceptors (Lipinski definition) is 6. The minimum Gasteiger partial charge on any atom is -0.497 e. The van der Waals surface area contributed by atoms with Gasteiger partial charge in [-0.05, 0) is 74.5 Å². The number of cyclic esters (lactones) is 1. The molecule has 0 radical (unpaired) electrons. The van der Waals surface area contributed by atoms with Crippen LogP contribution in [0.4, 0.5) is 0 Å². The van der Waals surface area contributed by atoms with Crippen LogP contribution >= 0.6 is 11.8 Å². The second-order valence-electron chi connectivity index (χ2n) is 8.06. The average molecular weight is 467 g/mol. The molecular formula is C28H22N2O3S. The van der Waals surface area contributed by atoms with Crippen molar-refractivity contribution in [2.45, 2.75) is 23.8 Å². The number of nitrogens with zero attached hydrogens (tertiary/aromatic N) is 2. The molecule has 3 aromatic carbocycles. The normalized spacial score (nSPS) is 14.4. The van der Waals surface area contributed by atoms with Gasteiger partial charge in [-0.3, -0.25) is 0 Å². The highest BCUT2D eigenvalue weighted by Gasteiger charge is 2.25. The molecule has 5 nitrogen and oxygen atoms in total. The molecule has 0 spiro atoms. The Morgan fingerprint density at radius 2 is 1.65 bits per heavy atom. The lowest BCUT2D eigenvalue weighted by molar-refractivity contribution is -0.129. The lowest BCUT2D eigenvalue weighted by Crippen LogP contribution is -2.05. The zero-order valence-electron chi connectivity index (χ0n) is 19.0. The number of esters is 1. The van der Waals surface area contributed by atoms with Crippen molar-refractivity contribution >= 4 is 40.6 Å². The van der Waals surface area contributed by atoms with E-state index in [-0.39, 0.29) is 11.6 Å². The van der Waals surface area contributed by atoms with Gasteiger partial charge in [-0.1, -0.05) is 41.1 Å². The number of aryl methyl sites for hydroxylation is 2. The molecule has 2 heterocycles. The van der Waals surface area contributed by atoms with E-state index < -0.39 is 5.97 Å². The number of pyridine rings is 1. The fraction of sp³-hybridized carbons (Fsp3) is 0.107. The van der Waals surface area contributed by atoms with Crippen LogP contribution in [0, 0.1) is 13.8 Å². The fourth-order valence-corrected chi connectivity index (χ4v) is 4.49. The van der Waals surface area contributed by atoms with Gasteiger partial charge < -0.3 is 9.47 Å². The van der Waals surface area contributed by atoms with Crippen molar-refractivity contribution in [1.29, 1.82) is 0 Å². The van der Waals surface area contributed by atoms with Gasteiger partial charge in [-0.2, -0.15) is 0 Å². The molecule has 0 bridgehead atoms. The standard InChI is InChI=1S/C28H22N2O3S/c1-17-4-11-23(12-5-17)34-27-21(15-20-14-18(2)6-13-24(20)30-27)16-25-28(31)33-26(29-25)19-7-9-22(32-3)10-8-19/h4-16H,1-3H3. The van der Waals surface area contributed by atoms with Gasteiger partial charge in [0.25, 0.3) is 0 Å². The Hall–Kier alpha value is -3.90. The maximum atomic E-state index is 12.7. The monoisotopic (exact) mass is 466 g/mol. The first kappa shape index (κ1) is 21.9. The summed E-state index contributed by atoms with van der Waals surface area (Å²) in [6.07, 6.45) is 1.75.